The van der Waals surface area contributed by atoms with Crippen molar-refractivity contribution in [2.75, 3.05) is 13.2 Å². The number of carbonyl (C=O) groups is 5. The molecule has 0 radical (unpaired) electrons. The van der Waals surface area contributed by atoms with Gasteiger partial charge in [-0.2, -0.15) is 0 Å². The van der Waals surface area contributed by atoms with Gasteiger partial charge < -0.3 is 37.6 Å². The number of carboxylic acids is 1. The van der Waals surface area contributed by atoms with E-state index in [2.05, 4.69) is 10.6 Å². The second kappa shape index (κ2) is 11.8. The Labute approximate surface area is 156 Å². The largest absolute Gasteiger partial charge is 0.480 e. The highest BCUT2D eigenvalue weighted by molar-refractivity contribution is 5.95. The van der Waals surface area contributed by atoms with Crippen LogP contribution in [0.4, 0.5) is 0 Å². The van der Waals surface area contributed by atoms with Crippen molar-refractivity contribution < 1.29 is 34.2 Å². The van der Waals surface area contributed by atoms with Crippen LogP contribution in [0.1, 0.15) is 26.7 Å². The molecule has 0 aromatic carbocycles. The highest BCUT2D eigenvalue weighted by Crippen LogP contribution is 2.03. The van der Waals surface area contributed by atoms with Crippen LogP contribution in [0, 0.1) is 5.92 Å². The minimum Gasteiger partial charge on any atom is -0.480 e. The Morgan fingerprint density at radius 2 is 1.52 bits per heavy atom. The van der Waals surface area contributed by atoms with Crippen molar-refractivity contribution in [2.24, 2.45) is 17.4 Å². The lowest BCUT2D eigenvalue weighted by Gasteiger charge is -2.22. The third kappa shape index (κ3) is 10.1. The van der Waals surface area contributed by atoms with E-state index >= 15 is 0 Å². The van der Waals surface area contributed by atoms with E-state index in [9.17, 15) is 29.1 Å². The van der Waals surface area contributed by atoms with E-state index in [0.29, 0.717) is 6.42 Å². The molecule has 3 atom stereocenters. The molecule has 0 saturated carbocycles. The Bertz CT molecular complexity index is 567. The lowest BCUT2D eigenvalue weighted by molar-refractivity contribution is -0.139. The number of aliphatic hydroxyl groups excluding tert-OH is 1. The number of aliphatic carboxylic acids is 1. The van der Waals surface area contributed by atoms with Crippen LogP contribution in [-0.2, 0) is 24.0 Å². The Hall–Kier alpha value is -2.73. The van der Waals surface area contributed by atoms with Crippen molar-refractivity contribution in [3.8, 4) is 0 Å². The zero-order valence-corrected chi connectivity index (χ0v) is 15.2. The van der Waals surface area contributed by atoms with Crippen LogP contribution < -0.4 is 27.4 Å². The molecule has 0 aliphatic carbocycles. The van der Waals surface area contributed by atoms with E-state index in [0.717, 1.165) is 0 Å². The van der Waals surface area contributed by atoms with E-state index in [4.69, 9.17) is 16.6 Å². The summed E-state index contributed by atoms with van der Waals surface area (Å²) in [7, 11) is 0. The molecule has 3 unspecified atom stereocenters. The maximum atomic E-state index is 12.2. The molecule has 4 amide bonds. The number of nitrogens with two attached hydrogens (primary N) is 2. The molecule has 0 rings (SSSR count). The molecule has 0 heterocycles. The fourth-order valence-electron chi connectivity index (χ4n) is 2.06. The average molecular weight is 389 g/mol. The number of carbonyl (C=O) groups excluding carboxylic acids is 4. The summed E-state index contributed by atoms with van der Waals surface area (Å²) in [5.41, 5.74) is 10.7. The first-order valence-electron chi connectivity index (χ1n) is 8.22. The first-order valence-corrected chi connectivity index (χ1v) is 8.22. The van der Waals surface area contributed by atoms with Crippen LogP contribution >= 0.6 is 0 Å². The number of hydrogen-bond acceptors (Lipinski definition) is 7. The first kappa shape index (κ1) is 24.3. The van der Waals surface area contributed by atoms with Crippen molar-refractivity contribution >= 4 is 29.6 Å². The summed E-state index contributed by atoms with van der Waals surface area (Å²) in [5, 5.41) is 24.3. The normalized spacial score (nSPS) is 14.0. The van der Waals surface area contributed by atoms with Gasteiger partial charge in [0, 0.05) is 0 Å². The molecule has 27 heavy (non-hydrogen) atoms. The minimum absolute atomic E-state index is 0.130. The quantitative estimate of drug-likeness (QED) is 0.176. The molecule has 12 nitrogen and oxygen atoms in total. The summed E-state index contributed by atoms with van der Waals surface area (Å²) in [5.74, 6) is -4.70. The molecule has 154 valence electrons. The average Bonchev–Trinajstić information content (AvgIpc) is 2.55. The van der Waals surface area contributed by atoms with Gasteiger partial charge in [-0.15, -0.1) is 0 Å². The molecule has 0 aromatic rings. The summed E-state index contributed by atoms with van der Waals surface area (Å²) in [6.07, 6.45) is -0.246. The van der Waals surface area contributed by atoms with Gasteiger partial charge in [0.25, 0.3) is 0 Å². The highest BCUT2D eigenvalue weighted by atomic mass is 16.4. The first-order chi connectivity index (χ1) is 12.5. The summed E-state index contributed by atoms with van der Waals surface area (Å²) in [6, 6.07) is -3.78. The smallest absolute Gasteiger partial charge is 0.322 e. The maximum absolute atomic E-state index is 12.2. The van der Waals surface area contributed by atoms with Gasteiger partial charge in [-0.05, 0) is 12.3 Å². The molecule has 0 fully saturated rings. The van der Waals surface area contributed by atoms with Gasteiger partial charge in [-0.1, -0.05) is 13.8 Å². The van der Waals surface area contributed by atoms with Crippen LogP contribution in [0.2, 0.25) is 0 Å². The molecular formula is C15H27N5O7. The molecule has 0 saturated heterocycles. The third-order valence-electron chi connectivity index (χ3n) is 3.33. The lowest BCUT2D eigenvalue weighted by Crippen LogP contribution is -2.57. The van der Waals surface area contributed by atoms with E-state index in [-0.39, 0.29) is 5.92 Å². The van der Waals surface area contributed by atoms with E-state index in [1.807, 2.05) is 19.2 Å². The predicted octanol–water partition coefficient (Wildman–Crippen LogP) is -3.60. The van der Waals surface area contributed by atoms with Gasteiger partial charge in [-0.3, -0.25) is 24.0 Å². The molecular weight excluding hydrogens is 362 g/mol. The number of primary amides is 1. The SMILES string of the molecule is CC(C)CC(N)C(=O)NC(CO)C(=O)NC(CC(N)=O)C(=O)NCC(=O)O. The molecule has 0 aliphatic rings. The molecule has 0 aromatic heterocycles. The summed E-state index contributed by atoms with van der Waals surface area (Å²) < 4.78 is 0. The predicted molar refractivity (Wildman–Crippen MR) is 92.8 cm³/mol. The lowest BCUT2D eigenvalue weighted by atomic mass is 10.0. The van der Waals surface area contributed by atoms with Crippen molar-refractivity contribution in [1.29, 1.82) is 0 Å². The van der Waals surface area contributed by atoms with E-state index < -0.39 is 67.3 Å². The monoisotopic (exact) mass is 389 g/mol. The van der Waals surface area contributed by atoms with E-state index in [1.165, 1.54) is 0 Å². The van der Waals surface area contributed by atoms with Gasteiger partial charge >= 0.3 is 5.97 Å². The number of aliphatic hydroxyl groups is 1. The molecule has 0 bridgehead atoms. The van der Waals surface area contributed by atoms with Crippen molar-refractivity contribution in [3.63, 3.8) is 0 Å². The third-order valence-corrected chi connectivity index (χ3v) is 3.33. The van der Waals surface area contributed by atoms with E-state index in [1.54, 1.807) is 0 Å². The molecule has 9 N–H and O–H groups in total. The zero-order valence-electron chi connectivity index (χ0n) is 15.2. The zero-order chi connectivity index (χ0) is 21.1. The molecule has 12 heteroatoms. The fraction of sp³-hybridized carbons (Fsp3) is 0.667. The Kier molecular flexibility index (Phi) is 10.6. The van der Waals surface area contributed by atoms with Crippen LogP contribution in [0.25, 0.3) is 0 Å². The minimum atomic E-state index is -1.47. The van der Waals surface area contributed by atoms with Crippen LogP contribution in [0.3, 0.4) is 0 Å². The van der Waals surface area contributed by atoms with Gasteiger partial charge in [0.2, 0.25) is 23.6 Å². The van der Waals surface area contributed by atoms with Crippen molar-refractivity contribution in [2.45, 2.75) is 44.8 Å². The maximum Gasteiger partial charge on any atom is 0.322 e. The standard InChI is InChI=1S/C15H27N5O7/c1-7(2)3-8(16)13(25)20-10(6-21)15(27)19-9(4-11(17)22)14(26)18-5-12(23)24/h7-10,21H,3-6,16H2,1-2H3,(H2,17,22)(H,18,26)(H,19,27)(H,20,25)(H,23,24). The van der Waals surface area contributed by atoms with Gasteiger partial charge in [0.15, 0.2) is 0 Å². The van der Waals surface area contributed by atoms with Gasteiger partial charge in [0.1, 0.15) is 18.6 Å². The highest BCUT2D eigenvalue weighted by Gasteiger charge is 2.29. The number of nitrogens with one attached hydrogen (secondary N) is 3. The number of amides is 4. The fourth-order valence-corrected chi connectivity index (χ4v) is 2.06. The molecule has 0 spiro atoms. The van der Waals surface area contributed by atoms with Gasteiger partial charge in [0.05, 0.1) is 19.1 Å². The topological polar surface area (TPSA) is 214 Å². The Morgan fingerprint density at radius 1 is 0.963 bits per heavy atom. The second-order valence-corrected chi connectivity index (χ2v) is 6.32. The number of carboxylic acid groups (broad SMARTS) is 1. The van der Waals surface area contributed by atoms with Crippen LogP contribution in [0.15, 0.2) is 0 Å². The van der Waals surface area contributed by atoms with Crippen LogP contribution in [0.5, 0.6) is 0 Å². The Morgan fingerprint density at radius 3 is 1.96 bits per heavy atom. The van der Waals surface area contributed by atoms with Crippen LogP contribution in [-0.4, -0.2) is 71.1 Å². The second-order valence-electron chi connectivity index (χ2n) is 6.32. The summed E-state index contributed by atoms with van der Waals surface area (Å²) in [6.45, 7) is 2.20. The van der Waals surface area contributed by atoms with Crippen molar-refractivity contribution in [1.82, 2.24) is 16.0 Å². The van der Waals surface area contributed by atoms with Crippen molar-refractivity contribution in [3.05, 3.63) is 0 Å². The number of hydrogen-bond donors (Lipinski definition) is 7. The molecule has 0 aliphatic heterocycles. The number of rotatable bonds is 12. The Balaban J connectivity index is 4.98. The van der Waals surface area contributed by atoms with Gasteiger partial charge in [-0.25, -0.2) is 0 Å². The summed E-state index contributed by atoms with van der Waals surface area (Å²) >= 11 is 0. The summed E-state index contributed by atoms with van der Waals surface area (Å²) in [4.78, 5) is 57.7.